The van der Waals surface area contributed by atoms with E-state index in [0.717, 1.165) is 23.6 Å². The number of nitrogens with zero attached hydrogens (tertiary/aromatic N) is 1. The van der Waals surface area contributed by atoms with Crippen LogP contribution >= 0.6 is 0 Å². The fraction of sp³-hybridized carbons (Fsp3) is 0.458. The van der Waals surface area contributed by atoms with Gasteiger partial charge in [0, 0.05) is 23.7 Å². The first-order valence-electron chi connectivity index (χ1n) is 10.9. The molecule has 30 heavy (non-hydrogen) atoms. The van der Waals surface area contributed by atoms with Gasteiger partial charge < -0.3 is 16.0 Å². The van der Waals surface area contributed by atoms with Gasteiger partial charge >= 0.3 is 0 Å². The van der Waals surface area contributed by atoms with Crippen LogP contribution in [0.5, 0.6) is 0 Å². The van der Waals surface area contributed by atoms with E-state index in [2.05, 4.69) is 20.9 Å². The van der Waals surface area contributed by atoms with Crippen molar-refractivity contribution in [2.45, 2.75) is 51.0 Å². The summed E-state index contributed by atoms with van der Waals surface area (Å²) in [5, 5.41) is 9.34. The second-order valence-corrected chi connectivity index (χ2v) is 9.47. The summed E-state index contributed by atoms with van der Waals surface area (Å²) in [5.41, 5.74) is 1.96. The number of amides is 2. The van der Waals surface area contributed by atoms with E-state index in [4.69, 9.17) is 0 Å². The minimum absolute atomic E-state index is 0.168. The Morgan fingerprint density at radius 3 is 2.23 bits per heavy atom. The quantitative estimate of drug-likeness (QED) is 0.676. The minimum atomic E-state index is -0.231. The highest BCUT2D eigenvalue weighted by molar-refractivity contribution is 6.05. The van der Waals surface area contributed by atoms with Gasteiger partial charge in [0.2, 0.25) is 5.91 Å². The summed E-state index contributed by atoms with van der Waals surface area (Å²) >= 11 is 0. The molecule has 3 N–H and O–H groups in total. The van der Waals surface area contributed by atoms with Gasteiger partial charge in [-0.2, -0.15) is 0 Å². The fourth-order valence-electron chi connectivity index (χ4n) is 6.22. The van der Waals surface area contributed by atoms with Gasteiger partial charge in [-0.3, -0.25) is 9.59 Å². The number of hydrogen-bond acceptors (Lipinski definition) is 4. The van der Waals surface area contributed by atoms with Crippen LogP contribution in [0.4, 0.5) is 17.2 Å². The number of aromatic nitrogens is 1. The molecule has 2 amide bonds. The molecule has 0 radical (unpaired) electrons. The molecule has 4 bridgehead atoms. The van der Waals surface area contributed by atoms with Crippen LogP contribution < -0.4 is 16.0 Å². The highest BCUT2D eigenvalue weighted by atomic mass is 16.2. The van der Waals surface area contributed by atoms with Crippen LogP contribution in [0.3, 0.4) is 0 Å². The summed E-state index contributed by atoms with van der Waals surface area (Å²) in [4.78, 5) is 28.4. The molecule has 4 aliphatic rings. The third kappa shape index (κ3) is 3.91. The van der Waals surface area contributed by atoms with Gasteiger partial charge in [0.15, 0.2) is 0 Å². The second kappa shape index (κ2) is 7.42. The van der Waals surface area contributed by atoms with Gasteiger partial charge in [-0.25, -0.2) is 4.98 Å². The predicted molar refractivity (Wildman–Crippen MR) is 117 cm³/mol. The maximum Gasteiger partial charge on any atom is 0.255 e. The molecule has 0 spiro atoms. The normalized spacial score (nSPS) is 28.8. The van der Waals surface area contributed by atoms with E-state index in [-0.39, 0.29) is 17.4 Å². The third-order valence-corrected chi connectivity index (χ3v) is 6.90. The molecule has 6 nitrogen and oxygen atoms in total. The molecule has 1 aromatic heterocycles. The number of anilines is 3. The zero-order valence-corrected chi connectivity index (χ0v) is 17.3. The number of carbonyl (C=O) groups excluding carboxylic acids is 2. The highest BCUT2D eigenvalue weighted by Gasteiger charge is 2.51. The monoisotopic (exact) mass is 404 g/mol. The molecule has 0 unspecified atom stereocenters. The fourth-order valence-corrected chi connectivity index (χ4v) is 6.22. The Bertz CT molecular complexity index is 934. The number of pyridine rings is 1. The molecule has 6 rings (SSSR count). The SMILES string of the molecule is CC(=O)Nc1cccc(C(=O)Nc2ccc(NC34CC5CC(CC(C5)C3)C4)nc2)c1. The van der Waals surface area contributed by atoms with E-state index in [0.29, 0.717) is 16.9 Å². The van der Waals surface area contributed by atoms with Crippen molar-refractivity contribution in [3.8, 4) is 0 Å². The van der Waals surface area contributed by atoms with Crippen LogP contribution in [0.1, 0.15) is 55.8 Å². The first-order chi connectivity index (χ1) is 14.5. The van der Waals surface area contributed by atoms with Crippen molar-refractivity contribution < 1.29 is 9.59 Å². The predicted octanol–water partition coefficient (Wildman–Crippen LogP) is 4.67. The molecule has 1 heterocycles. The molecule has 156 valence electrons. The lowest BCUT2D eigenvalue weighted by molar-refractivity contribution is -0.114. The number of hydrogen-bond donors (Lipinski definition) is 3. The van der Waals surface area contributed by atoms with Crippen LogP contribution in [0, 0.1) is 17.8 Å². The number of benzene rings is 1. The Morgan fingerprint density at radius 2 is 1.63 bits per heavy atom. The highest BCUT2D eigenvalue weighted by Crippen LogP contribution is 2.56. The van der Waals surface area contributed by atoms with Gasteiger partial charge in [0.05, 0.1) is 11.9 Å². The van der Waals surface area contributed by atoms with E-state index in [1.165, 1.54) is 45.4 Å². The number of nitrogens with one attached hydrogen (secondary N) is 3. The van der Waals surface area contributed by atoms with E-state index in [1.54, 1.807) is 30.5 Å². The summed E-state index contributed by atoms with van der Waals surface area (Å²) in [6.07, 6.45) is 9.77. The molecule has 6 heteroatoms. The Morgan fingerprint density at radius 1 is 0.933 bits per heavy atom. The Kier molecular flexibility index (Phi) is 4.72. The third-order valence-electron chi connectivity index (χ3n) is 6.90. The number of carbonyl (C=O) groups is 2. The molecule has 2 aromatic rings. The van der Waals surface area contributed by atoms with Crippen molar-refractivity contribution in [2.75, 3.05) is 16.0 Å². The van der Waals surface area contributed by atoms with Crippen molar-refractivity contribution in [1.82, 2.24) is 4.98 Å². The lowest BCUT2D eigenvalue weighted by Crippen LogP contribution is -2.54. The number of rotatable bonds is 5. The van der Waals surface area contributed by atoms with E-state index in [1.807, 2.05) is 12.1 Å². The zero-order chi connectivity index (χ0) is 20.7. The van der Waals surface area contributed by atoms with Gasteiger partial charge in [-0.15, -0.1) is 0 Å². The van der Waals surface area contributed by atoms with Gasteiger partial charge in [-0.1, -0.05) is 6.07 Å². The summed E-state index contributed by atoms with van der Waals surface area (Å²) in [7, 11) is 0. The molecule has 0 aliphatic heterocycles. The van der Waals surface area contributed by atoms with Crippen molar-refractivity contribution in [3.63, 3.8) is 0 Å². The van der Waals surface area contributed by atoms with Gasteiger partial charge in [-0.05, 0) is 86.6 Å². The first-order valence-corrected chi connectivity index (χ1v) is 10.9. The minimum Gasteiger partial charge on any atom is -0.365 e. The van der Waals surface area contributed by atoms with Crippen LogP contribution in [-0.4, -0.2) is 22.3 Å². The Balaban J connectivity index is 1.24. The Hall–Kier alpha value is -2.89. The van der Waals surface area contributed by atoms with Crippen LogP contribution in [-0.2, 0) is 4.79 Å². The molecule has 4 fully saturated rings. The maximum absolute atomic E-state index is 12.6. The topological polar surface area (TPSA) is 83.1 Å². The molecular formula is C24H28N4O2. The second-order valence-electron chi connectivity index (χ2n) is 9.47. The summed E-state index contributed by atoms with van der Waals surface area (Å²) in [6.45, 7) is 1.44. The molecular weight excluding hydrogens is 376 g/mol. The van der Waals surface area contributed by atoms with Crippen LogP contribution in [0.25, 0.3) is 0 Å². The standard InChI is InChI=1S/C24H28N4O2/c1-15(29)26-20-4-2-3-19(10-20)23(30)27-21-5-6-22(25-14-21)28-24-11-16-7-17(12-24)9-18(8-16)13-24/h2-6,10,14,16-18H,7-9,11-13H2,1H3,(H,25,28)(H,26,29)(H,27,30). The molecule has 1 aromatic carbocycles. The summed E-state index contributed by atoms with van der Waals surface area (Å²) in [6, 6.07) is 10.7. The van der Waals surface area contributed by atoms with Gasteiger partial charge in [0.25, 0.3) is 5.91 Å². The molecule has 4 saturated carbocycles. The summed E-state index contributed by atoms with van der Waals surface area (Å²) in [5.74, 6) is 3.15. The van der Waals surface area contributed by atoms with Crippen molar-refractivity contribution >= 4 is 29.0 Å². The van der Waals surface area contributed by atoms with E-state index < -0.39 is 0 Å². The average molecular weight is 405 g/mol. The van der Waals surface area contributed by atoms with Crippen LogP contribution in [0.15, 0.2) is 42.6 Å². The van der Waals surface area contributed by atoms with Crippen molar-refractivity contribution in [3.05, 3.63) is 48.2 Å². The largest absolute Gasteiger partial charge is 0.365 e. The first kappa shape index (κ1) is 19.1. The molecule has 0 atom stereocenters. The average Bonchev–Trinajstić information content (AvgIpc) is 2.68. The molecule has 4 aliphatic carbocycles. The van der Waals surface area contributed by atoms with Gasteiger partial charge in [0.1, 0.15) is 5.82 Å². The van der Waals surface area contributed by atoms with Crippen molar-refractivity contribution in [2.24, 2.45) is 17.8 Å². The van der Waals surface area contributed by atoms with Crippen molar-refractivity contribution in [1.29, 1.82) is 0 Å². The molecule has 0 saturated heterocycles. The van der Waals surface area contributed by atoms with E-state index >= 15 is 0 Å². The van der Waals surface area contributed by atoms with Crippen LogP contribution in [0.2, 0.25) is 0 Å². The lowest BCUT2D eigenvalue weighted by Gasteiger charge is -2.57. The summed E-state index contributed by atoms with van der Waals surface area (Å²) < 4.78 is 0. The zero-order valence-electron chi connectivity index (χ0n) is 17.3. The maximum atomic E-state index is 12.6. The Labute approximate surface area is 176 Å². The lowest BCUT2D eigenvalue weighted by atomic mass is 9.53. The smallest absolute Gasteiger partial charge is 0.255 e. The van der Waals surface area contributed by atoms with E-state index in [9.17, 15) is 9.59 Å².